The number of carbonyl (C=O) groups is 1. The first-order chi connectivity index (χ1) is 13.2. The quantitative estimate of drug-likeness (QED) is 0.832. The summed E-state index contributed by atoms with van der Waals surface area (Å²) >= 11 is 0. The number of likely N-dealkylation sites (tertiary alicyclic amines) is 1. The van der Waals surface area contributed by atoms with Gasteiger partial charge in [0.25, 0.3) is 0 Å². The van der Waals surface area contributed by atoms with Crippen LogP contribution >= 0.6 is 0 Å². The molecule has 1 amide bonds. The fourth-order valence-electron chi connectivity index (χ4n) is 4.78. The predicted octanol–water partition coefficient (Wildman–Crippen LogP) is 4.17. The molecule has 1 saturated carbocycles. The van der Waals surface area contributed by atoms with Crippen molar-refractivity contribution in [3.05, 3.63) is 30.1 Å². The van der Waals surface area contributed by atoms with Gasteiger partial charge in [-0.05, 0) is 63.7 Å². The van der Waals surface area contributed by atoms with E-state index in [2.05, 4.69) is 20.2 Å². The molecule has 0 spiro atoms. The second-order valence-electron chi connectivity index (χ2n) is 8.40. The third-order valence-corrected chi connectivity index (χ3v) is 6.41. The van der Waals surface area contributed by atoms with Gasteiger partial charge in [0.1, 0.15) is 5.82 Å². The first kappa shape index (κ1) is 18.5. The smallest absolute Gasteiger partial charge is 0.220 e. The zero-order chi connectivity index (χ0) is 18.6. The summed E-state index contributed by atoms with van der Waals surface area (Å²) in [4.78, 5) is 23.1. The summed E-state index contributed by atoms with van der Waals surface area (Å²) in [5.41, 5.74) is 1.97. The van der Waals surface area contributed by atoms with E-state index in [4.69, 9.17) is 0 Å². The molecule has 1 aromatic heterocycles. The fourth-order valence-corrected chi connectivity index (χ4v) is 4.78. The van der Waals surface area contributed by atoms with Gasteiger partial charge in [-0.15, -0.1) is 0 Å². The number of carbonyl (C=O) groups excluding carboxylic acids is 1. The monoisotopic (exact) mass is 368 g/mol. The largest absolute Gasteiger partial charge is 0.346 e. The number of imidazole rings is 1. The Morgan fingerprint density at radius 2 is 1.93 bits per heavy atom. The van der Waals surface area contributed by atoms with E-state index in [1.807, 2.05) is 31.2 Å². The van der Waals surface area contributed by atoms with E-state index in [1.54, 1.807) is 0 Å². The molecular weight excluding hydrogens is 336 g/mol. The summed E-state index contributed by atoms with van der Waals surface area (Å²) in [7, 11) is 0. The van der Waals surface area contributed by atoms with E-state index in [1.165, 1.54) is 45.2 Å². The first-order valence-electron chi connectivity index (χ1n) is 10.7. The maximum atomic E-state index is 12.5. The lowest BCUT2D eigenvalue weighted by atomic mass is 9.88. The molecule has 146 valence electrons. The Hall–Kier alpha value is -1.88. The number of hydrogen-bond donors (Lipinski definition) is 2. The minimum atomic E-state index is -0.0905. The van der Waals surface area contributed by atoms with Crippen LogP contribution in [0.4, 0.5) is 0 Å². The van der Waals surface area contributed by atoms with Crippen molar-refractivity contribution in [2.24, 2.45) is 5.92 Å². The average Bonchev–Trinajstić information content (AvgIpc) is 3.14. The minimum Gasteiger partial charge on any atom is -0.346 e. The number of para-hydroxylation sites is 2. The molecule has 1 saturated heterocycles. The van der Waals surface area contributed by atoms with Crippen molar-refractivity contribution in [3.63, 3.8) is 0 Å². The lowest BCUT2D eigenvalue weighted by molar-refractivity contribution is -0.123. The van der Waals surface area contributed by atoms with Crippen LogP contribution in [-0.4, -0.2) is 39.9 Å². The van der Waals surface area contributed by atoms with Gasteiger partial charge in [0, 0.05) is 12.5 Å². The highest BCUT2D eigenvalue weighted by Gasteiger charge is 2.27. The number of aromatic amines is 1. The predicted molar refractivity (Wildman–Crippen MR) is 108 cm³/mol. The van der Waals surface area contributed by atoms with Crippen molar-refractivity contribution < 1.29 is 4.79 Å². The van der Waals surface area contributed by atoms with E-state index in [-0.39, 0.29) is 11.9 Å². The lowest BCUT2D eigenvalue weighted by Crippen LogP contribution is -2.43. The van der Waals surface area contributed by atoms with Crippen LogP contribution in [0.15, 0.2) is 24.3 Å². The van der Waals surface area contributed by atoms with Crippen molar-refractivity contribution >= 4 is 16.9 Å². The topological polar surface area (TPSA) is 61.0 Å². The maximum absolute atomic E-state index is 12.5. The zero-order valence-electron chi connectivity index (χ0n) is 16.4. The number of fused-ring (bicyclic) bond motifs is 1. The van der Waals surface area contributed by atoms with Gasteiger partial charge in [0.15, 0.2) is 0 Å². The van der Waals surface area contributed by atoms with Gasteiger partial charge in [-0.2, -0.15) is 0 Å². The van der Waals surface area contributed by atoms with E-state index in [0.717, 1.165) is 35.7 Å². The molecule has 2 fully saturated rings. The number of rotatable bonds is 5. The minimum absolute atomic E-state index is 0.0905. The normalized spacial score (nSPS) is 21.4. The third kappa shape index (κ3) is 4.52. The Labute approximate surface area is 161 Å². The summed E-state index contributed by atoms with van der Waals surface area (Å²) in [6.45, 7) is 4.34. The van der Waals surface area contributed by atoms with Gasteiger partial charge < -0.3 is 15.2 Å². The molecule has 1 aliphatic carbocycles. The third-order valence-electron chi connectivity index (χ3n) is 6.41. The van der Waals surface area contributed by atoms with E-state index >= 15 is 0 Å². The Bertz CT molecular complexity index is 724. The number of aromatic nitrogens is 2. The van der Waals surface area contributed by atoms with Crippen LogP contribution in [0.2, 0.25) is 0 Å². The summed E-state index contributed by atoms with van der Waals surface area (Å²) in [5, 5.41) is 3.13. The second kappa shape index (κ2) is 8.42. The molecule has 0 bridgehead atoms. The highest BCUT2D eigenvalue weighted by molar-refractivity contribution is 5.77. The van der Waals surface area contributed by atoms with Crippen LogP contribution in [0.1, 0.15) is 70.2 Å². The maximum Gasteiger partial charge on any atom is 0.220 e. The van der Waals surface area contributed by atoms with Crippen LogP contribution in [0, 0.1) is 5.92 Å². The van der Waals surface area contributed by atoms with Crippen LogP contribution in [0.25, 0.3) is 11.0 Å². The second-order valence-corrected chi connectivity index (χ2v) is 8.40. The Kier molecular flexibility index (Phi) is 5.77. The number of nitrogens with one attached hydrogen (secondary N) is 2. The fraction of sp³-hybridized carbons (Fsp3) is 0.636. The molecule has 27 heavy (non-hydrogen) atoms. The van der Waals surface area contributed by atoms with E-state index in [0.29, 0.717) is 12.3 Å². The van der Waals surface area contributed by atoms with E-state index < -0.39 is 0 Å². The molecule has 5 nitrogen and oxygen atoms in total. The number of benzene rings is 1. The highest BCUT2D eigenvalue weighted by Crippen LogP contribution is 2.28. The molecule has 1 atom stereocenters. The molecule has 5 heteroatoms. The molecule has 0 radical (unpaired) electrons. The number of nitrogens with zero attached hydrogens (tertiary/aromatic N) is 2. The summed E-state index contributed by atoms with van der Waals surface area (Å²) in [6.07, 6.45) is 9.91. The number of piperidine rings is 1. The zero-order valence-corrected chi connectivity index (χ0v) is 16.4. The molecule has 2 heterocycles. The van der Waals surface area contributed by atoms with Gasteiger partial charge in [0.2, 0.25) is 5.91 Å². The Balaban J connectivity index is 1.24. The average molecular weight is 369 g/mol. The standard InChI is InChI=1S/C22H32N4O/c1-16(22-24-19-9-5-6-10-20(19)25-22)23-21(27)15-17-11-13-26(14-12-17)18-7-3-2-4-8-18/h5-6,9-10,16-18H,2-4,7-8,11-15H2,1H3,(H,23,27)(H,24,25)/t16-/m0/s1. The van der Waals surface area contributed by atoms with Crippen LogP contribution in [-0.2, 0) is 4.79 Å². The Morgan fingerprint density at radius 3 is 2.67 bits per heavy atom. The molecule has 1 aliphatic heterocycles. The van der Waals surface area contributed by atoms with E-state index in [9.17, 15) is 4.79 Å². The molecule has 2 aliphatic rings. The highest BCUT2D eigenvalue weighted by atomic mass is 16.1. The summed E-state index contributed by atoms with van der Waals surface area (Å²) < 4.78 is 0. The molecular formula is C22H32N4O. The van der Waals surface area contributed by atoms with Gasteiger partial charge in [0.05, 0.1) is 17.1 Å². The van der Waals surface area contributed by atoms with Crippen molar-refractivity contribution in [2.45, 2.75) is 70.4 Å². The molecule has 2 N–H and O–H groups in total. The van der Waals surface area contributed by atoms with Crippen molar-refractivity contribution in [1.82, 2.24) is 20.2 Å². The Morgan fingerprint density at radius 1 is 1.19 bits per heavy atom. The van der Waals surface area contributed by atoms with Crippen molar-refractivity contribution in [2.75, 3.05) is 13.1 Å². The van der Waals surface area contributed by atoms with Crippen LogP contribution in [0.3, 0.4) is 0 Å². The molecule has 1 aromatic carbocycles. The van der Waals surface area contributed by atoms with Gasteiger partial charge in [-0.3, -0.25) is 4.79 Å². The number of hydrogen-bond acceptors (Lipinski definition) is 3. The number of H-pyrrole nitrogens is 1. The van der Waals surface area contributed by atoms with Crippen molar-refractivity contribution in [3.8, 4) is 0 Å². The lowest BCUT2D eigenvalue weighted by Gasteiger charge is -2.39. The SMILES string of the molecule is C[C@H](NC(=O)CC1CCN(C2CCCCC2)CC1)c1nc2ccccc2[nH]1. The van der Waals surface area contributed by atoms with Gasteiger partial charge in [-0.25, -0.2) is 4.98 Å². The molecule has 2 aromatic rings. The molecule has 4 rings (SSSR count). The summed E-state index contributed by atoms with van der Waals surface area (Å²) in [5.74, 6) is 1.50. The van der Waals surface area contributed by atoms with Gasteiger partial charge in [-0.1, -0.05) is 31.4 Å². The summed E-state index contributed by atoms with van der Waals surface area (Å²) in [6, 6.07) is 8.70. The van der Waals surface area contributed by atoms with Crippen LogP contribution in [0.5, 0.6) is 0 Å². The van der Waals surface area contributed by atoms with Gasteiger partial charge >= 0.3 is 0 Å². The molecule has 0 unspecified atom stereocenters. The number of amides is 1. The first-order valence-corrected chi connectivity index (χ1v) is 10.7. The van der Waals surface area contributed by atoms with Crippen LogP contribution < -0.4 is 5.32 Å². The van der Waals surface area contributed by atoms with Crippen molar-refractivity contribution in [1.29, 1.82) is 0 Å².